The van der Waals surface area contributed by atoms with Crippen LogP contribution in [0.3, 0.4) is 0 Å². The maximum absolute atomic E-state index is 12.2. The molecular weight excluding hydrogens is 236 g/mol. The number of hydrogen-bond donors (Lipinski definition) is 1. The van der Waals surface area contributed by atoms with Crippen LogP contribution in [0.4, 0.5) is 0 Å². The molecule has 0 radical (unpaired) electrons. The molecule has 2 amide bonds. The first kappa shape index (κ1) is 14.1. The van der Waals surface area contributed by atoms with Crippen LogP contribution in [0.2, 0.25) is 0 Å². The van der Waals surface area contributed by atoms with E-state index in [2.05, 4.69) is 0 Å². The highest BCUT2D eigenvalue weighted by Gasteiger charge is 2.49. The lowest BCUT2D eigenvalue weighted by atomic mass is 9.78. The summed E-state index contributed by atoms with van der Waals surface area (Å²) in [5.74, 6) is 0.0362. The van der Waals surface area contributed by atoms with Gasteiger partial charge in [-0.25, -0.2) is 0 Å². The number of imide groups is 1. The second-order valence-electron chi connectivity index (χ2n) is 5.17. The maximum Gasteiger partial charge on any atom is 0.235 e. The van der Waals surface area contributed by atoms with E-state index >= 15 is 0 Å². The van der Waals surface area contributed by atoms with Gasteiger partial charge in [-0.05, 0) is 25.7 Å². The fourth-order valence-electron chi connectivity index (χ4n) is 2.00. The lowest BCUT2D eigenvalue weighted by Crippen LogP contribution is -2.37. The molecule has 96 valence electrons. The van der Waals surface area contributed by atoms with Crippen LogP contribution in [0, 0.1) is 11.3 Å². The highest BCUT2D eigenvalue weighted by Crippen LogP contribution is 2.39. The lowest BCUT2D eigenvalue weighted by molar-refractivity contribution is -0.142. The number of nitrogens with zero attached hydrogens (tertiary/aromatic N) is 1. The molecule has 1 fully saturated rings. The third-order valence-corrected chi connectivity index (χ3v) is 3.84. The molecule has 0 aromatic carbocycles. The van der Waals surface area contributed by atoms with Crippen LogP contribution in [0.25, 0.3) is 0 Å². The molecule has 4 nitrogen and oxygen atoms in total. The van der Waals surface area contributed by atoms with Gasteiger partial charge in [0.15, 0.2) is 0 Å². The van der Waals surface area contributed by atoms with Crippen LogP contribution in [0.1, 0.15) is 40.0 Å². The Kier molecular flexibility index (Phi) is 4.25. The number of nitrogens with two attached hydrogens (primary N) is 1. The molecule has 1 aliphatic rings. The summed E-state index contributed by atoms with van der Waals surface area (Å²) >= 11 is 4.77. The van der Waals surface area contributed by atoms with Crippen molar-refractivity contribution in [3.63, 3.8) is 0 Å². The molecule has 1 heterocycles. The summed E-state index contributed by atoms with van der Waals surface area (Å²) in [5.41, 5.74) is 4.85. The van der Waals surface area contributed by atoms with Crippen molar-refractivity contribution in [3.05, 3.63) is 0 Å². The number of hydrogen-bond acceptors (Lipinski definition) is 3. The largest absolute Gasteiger partial charge is 0.393 e. The molecule has 0 spiro atoms. The van der Waals surface area contributed by atoms with E-state index in [0.29, 0.717) is 30.8 Å². The smallest absolute Gasteiger partial charge is 0.235 e. The Hall–Kier alpha value is -0.970. The second kappa shape index (κ2) is 5.12. The van der Waals surface area contributed by atoms with Crippen molar-refractivity contribution in [3.8, 4) is 0 Å². The Labute approximate surface area is 108 Å². The van der Waals surface area contributed by atoms with Crippen LogP contribution in [0.5, 0.6) is 0 Å². The van der Waals surface area contributed by atoms with E-state index in [-0.39, 0.29) is 17.7 Å². The van der Waals surface area contributed by atoms with Crippen molar-refractivity contribution in [1.82, 2.24) is 4.90 Å². The van der Waals surface area contributed by atoms with Gasteiger partial charge in [0, 0.05) is 13.0 Å². The molecule has 0 aliphatic carbocycles. The Morgan fingerprint density at radius 2 is 2.12 bits per heavy atom. The molecule has 1 aliphatic heterocycles. The third-order valence-electron chi connectivity index (χ3n) is 3.63. The predicted octanol–water partition coefficient (Wildman–Crippen LogP) is 1.47. The van der Waals surface area contributed by atoms with Gasteiger partial charge in [-0.15, -0.1) is 0 Å². The highest BCUT2D eigenvalue weighted by molar-refractivity contribution is 7.80. The molecule has 1 unspecified atom stereocenters. The molecule has 1 saturated heterocycles. The number of amides is 2. The number of carbonyl (C=O) groups excluding carboxylic acids is 2. The molecule has 5 heteroatoms. The zero-order valence-electron chi connectivity index (χ0n) is 10.7. The second-order valence-corrected chi connectivity index (χ2v) is 5.69. The average molecular weight is 256 g/mol. The zero-order chi connectivity index (χ0) is 13.2. The van der Waals surface area contributed by atoms with Gasteiger partial charge in [-0.3, -0.25) is 14.5 Å². The topological polar surface area (TPSA) is 63.4 Å². The zero-order valence-corrected chi connectivity index (χ0v) is 11.5. The number of likely N-dealkylation sites (tertiary alicyclic amines) is 1. The Bertz CT molecular complexity index is 354. The van der Waals surface area contributed by atoms with Crippen LogP contribution in [-0.4, -0.2) is 28.2 Å². The molecule has 17 heavy (non-hydrogen) atoms. The van der Waals surface area contributed by atoms with E-state index in [1.807, 2.05) is 20.8 Å². The van der Waals surface area contributed by atoms with Crippen molar-refractivity contribution in [2.45, 2.75) is 40.0 Å². The summed E-state index contributed by atoms with van der Waals surface area (Å²) in [6.45, 7) is 6.25. The Morgan fingerprint density at radius 3 is 2.53 bits per heavy atom. The first-order valence-electron chi connectivity index (χ1n) is 5.92. The number of rotatable bonds is 5. The van der Waals surface area contributed by atoms with E-state index in [4.69, 9.17) is 18.0 Å². The first-order chi connectivity index (χ1) is 7.79. The molecule has 0 aromatic heterocycles. The van der Waals surface area contributed by atoms with Crippen molar-refractivity contribution >= 4 is 29.0 Å². The van der Waals surface area contributed by atoms with E-state index in [0.717, 1.165) is 0 Å². The summed E-state index contributed by atoms with van der Waals surface area (Å²) in [5, 5.41) is 0. The minimum Gasteiger partial charge on any atom is -0.393 e. The van der Waals surface area contributed by atoms with Crippen LogP contribution in [0.15, 0.2) is 0 Å². The Morgan fingerprint density at radius 1 is 1.53 bits per heavy atom. The summed E-state index contributed by atoms with van der Waals surface area (Å²) in [4.78, 5) is 25.8. The molecule has 0 saturated carbocycles. The van der Waals surface area contributed by atoms with Gasteiger partial charge in [-0.2, -0.15) is 0 Å². The predicted molar refractivity (Wildman–Crippen MR) is 70.3 cm³/mol. The molecule has 0 bridgehead atoms. The minimum absolute atomic E-state index is 0.0551. The fourth-order valence-corrected chi connectivity index (χ4v) is 2.14. The van der Waals surface area contributed by atoms with Gasteiger partial charge in [-0.1, -0.05) is 26.1 Å². The van der Waals surface area contributed by atoms with Crippen molar-refractivity contribution in [2.24, 2.45) is 17.1 Å². The Balaban J connectivity index is 2.66. The van der Waals surface area contributed by atoms with E-state index in [1.165, 1.54) is 4.90 Å². The minimum atomic E-state index is -0.541. The maximum atomic E-state index is 12.2. The molecule has 2 N–H and O–H groups in total. The fraction of sp³-hybridized carbons (Fsp3) is 0.750. The van der Waals surface area contributed by atoms with Gasteiger partial charge in [0.2, 0.25) is 11.8 Å². The van der Waals surface area contributed by atoms with Gasteiger partial charge in [0.25, 0.3) is 0 Å². The van der Waals surface area contributed by atoms with Gasteiger partial charge in [0.1, 0.15) is 0 Å². The van der Waals surface area contributed by atoms with Crippen molar-refractivity contribution < 1.29 is 9.59 Å². The quantitative estimate of drug-likeness (QED) is 0.597. The highest BCUT2D eigenvalue weighted by atomic mass is 32.1. The lowest BCUT2D eigenvalue weighted by Gasteiger charge is -2.26. The van der Waals surface area contributed by atoms with Crippen LogP contribution < -0.4 is 5.73 Å². The standard InChI is InChI=1S/C12H20N2O2S/c1-8(2)12(3)7-10(15)14(11(12)16)6-4-5-9(13)17/h8H,4-7H2,1-3H3,(H2,13,17). The SMILES string of the molecule is CC(C)C1(C)CC(=O)N(CCCC(N)=S)C1=O. The average Bonchev–Trinajstić information content (AvgIpc) is 2.42. The number of thiocarbonyl (C=S) groups is 1. The van der Waals surface area contributed by atoms with Gasteiger partial charge >= 0.3 is 0 Å². The molecule has 1 atom stereocenters. The van der Waals surface area contributed by atoms with Gasteiger partial charge < -0.3 is 5.73 Å². The summed E-state index contributed by atoms with van der Waals surface area (Å²) in [6.07, 6.45) is 1.54. The summed E-state index contributed by atoms with van der Waals surface area (Å²) in [6, 6.07) is 0. The van der Waals surface area contributed by atoms with Gasteiger partial charge in [0.05, 0.1) is 10.4 Å². The first-order valence-corrected chi connectivity index (χ1v) is 6.33. The van der Waals surface area contributed by atoms with Crippen LogP contribution in [-0.2, 0) is 9.59 Å². The van der Waals surface area contributed by atoms with E-state index in [1.54, 1.807) is 0 Å². The monoisotopic (exact) mass is 256 g/mol. The summed E-state index contributed by atoms with van der Waals surface area (Å²) < 4.78 is 0. The van der Waals surface area contributed by atoms with Crippen LogP contribution >= 0.6 is 12.2 Å². The summed E-state index contributed by atoms with van der Waals surface area (Å²) in [7, 11) is 0. The van der Waals surface area contributed by atoms with E-state index < -0.39 is 5.41 Å². The number of carbonyl (C=O) groups is 2. The normalized spacial score (nSPS) is 24.8. The molecule has 0 aromatic rings. The van der Waals surface area contributed by atoms with Crippen molar-refractivity contribution in [2.75, 3.05) is 6.54 Å². The van der Waals surface area contributed by atoms with E-state index in [9.17, 15) is 9.59 Å². The molecule has 1 rings (SSSR count). The van der Waals surface area contributed by atoms with Crippen molar-refractivity contribution in [1.29, 1.82) is 0 Å². The molecular formula is C12H20N2O2S. The third kappa shape index (κ3) is 2.83.